The summed E-state index contributed by atoms with van der Waals surface area (Å²) >= 11 is 7.78. The van der Waals surface area contributed by atoms with Crippen LogP contribution in [-0.2, 0) is 13.6 Å². The molecule has 0 aliphatic heterocycles. The van der Waals surface area contributed by atoms with Gasteiger partial charge in [0, 0.05) is 29.8 Å². The Morgan fingerprint density at radius 3 is 2.95 bits per heavy atom. The van der Waals surface area contributed by atoms with E-state index in [1.54, 1.807) is 16.4 Å². The van der Waals surface area contributed by atoms with E-state index in [1.807, 2.05) is 25.2 Å². The standard InChI is InChI=1S/C12H16ClN5S/c1-18-12(15-16-17-18)19-8-4-7-14-9-10-5-2-3-6-11(10)13/h2-3,5-6,14H,4,7-9H2,1H3/p+1. The van der Waals surface area contributed by atoms with Crippen molar-refractivity contribution in [1.29, 1.82) is 0 Å². The molecule has 2 aromatic rings. The smallest absolute Gasteiger partial charge is 0.209 e. The van der Waals surface area contributed by atoms with Gasteiger partial charge < -0.3 is 5.32 Å². The second kappa shape index (κ2) is 7.47. The molecule has 0 aliphatic rings. The SMILES string of the molecule is Cn1nnnc1SCCC[NH2+]Cc1ccccc1Cl. The highest BCUT2D eigenvalue weighted by Crippen LogP contribution is 2.13. The Hall–Kier alpha value is -1.11. The van der Waals surface area contributed by atoms with Crippen molar-refractivity contribution in [2.75, 3.05) is 12.3 Å². The quantitative estimate of drug-likeness (QED) is 0.614. The Morgan fingerprint density at radius 1 is 1.37 bits per heavy atom. The number of thioether (sulfide) groups is 1. The van der Waals surface area contributed by atoms with Crippen LogP contribution in [0.2, 0.25) is 5.02 Å². The zero-order valence-corrected chi connectivity index (χ0v) is 12.4. The van der Waals surface area contributed by atoms with Crippen LogP contribution in [0.15, 0.2) is 29.4 Å². The summed E-state index contributed by atoms with van der Waals surface area (Å²) in [5.74, 6) is 1.02. The summed E-state index contributed by atoms with van der Waals surface area (Å²) in [6, 6.07) is 7.98. The van der Waals surface area contributed by atoms with Gasteiger partial charge >= 0.3 is 0 Å². The highest BCUT2D eigenvalue weighted by atomic mass is 35.5. The van der Waals surface area contributed by atoms with E-state index in [0.29, 0.717) is 0 Å². The number of quaternary nitrogens is 1. The molecule has 0 amide bonds. The molecule has 5 nitrogen and oxygen atoms in total. The van der Waals surface area contributed by atoms with Crippen LogP contribution in [0, 0.1) is 0 Å². The van der Waals surface area contributed by atoms with Crippen molar-refractivity contribution >= 4 is 23.4 Å². The molecular weight excluding hydrogens is 282 g/mol. The Balaban J connectivity index is 1.60. The summed E-state index contributed by atoms with van der Waals surface area (Å²) in [7, 11) is 1.85. The minimum absolute atomic E-state index is 0.846. The number of benzene rings is 1. The van der Waals surface area contributed by atoms with E-state index >= 15 is 0 Å². The van der Waals surface area contributed by atoms with Crippen LogP contribution in [0.4, 0.5) is 0 Å². The third kappa shape index (κ3) is 4.49. The third-order valence-corrected chi connectivity index (χ3v) is 4.15. The van der Waals surface area contributed by atoms with Gasteiger partial charge in [-0.3, -0.25) is 0 Å². The summed E-state index contributed by atoms with van der Waals surface area (Å²) in [4.78, 5) is 0. The first kappa shape index (κ1) is 14.3. The van der Waals surface area contributed by atoms with Gasteiger partial charge in [-0.2, -0.15) is 0 Å². The van der Waals surface area contributed by atoms with Gasteiger partial charge in [0.2, 0.25) is 5.16 Å². The van der Waals surface area contributed by atoms with Crippen LogP contribution in [-0.4, -0.2) is 32.5 Å². The minimum atomic E-state index is 0.846. The minimum Gasteiger partial charge on any atom is -0.342 e. The summed E-state index contributed by atoms with van der Waals surface area (Å²) in [5, 5.41) is 15.3. The van der Waals surface area contributed by atoms with Crippen LogP contribution in [0.3, 0.4) is 0 Å². The molecule has 0 atom stereocenters. The van der Waals surface area contributed by atoms with Crippen molar-refractivity contribution < 1.29 is 5.32 Å². The molecule has 0 spiro atoms. The van der Waals surface area contributed by atoms with Gasteiger partial charge in [-0.15, -0.1) is 5.10 Å². The number of tetrazole rings is 1. The average molecular weight is 299 g/mol. The fourth-order valence-corrected chi connectivity index (χ4v) is 2.68. The monoisotopic (exact) mass is 298 g/mol. The zero-order valence-electron chi connectivity index (χ0n) is 10.8. The number of aromatic nitrogens is 4. The van der Waals surface area contributed by atoms with Crippen molar-refractivity contribution in [3.63, 3.8) is 0 Å². The molecule has 0 unspecified atom stereocenters. The topological polar surface area (TPSA) is 60.2 Å². The predicted octanol–water partition coefficient (Wildman–Crippen LogP) is 1.11. The maximum Gasteiger partial charge on any atom is 0.209 e. The lowest BCUT2D eigenvalue weighted by atomic mass is 10.2. The molecule has 2 N–H and O–H groups in total. The summed E-state index contributed by atoms with van der Waals surface area (Å²) in [6.45, 7) is 2.00. The second-order valence-electron chi connectivity index (χ2n) is 4.16. The van der Waals surface area contributed by atoms with E-state index in [9.17, 15) is 0 Å². The number of nitrogens with two attached hydrogens (primary N) is 1. The Labute approximate surface area is 121 Å². The largest absolute Gasteiger partial charge is 0.342 e. The number of aryl methyl sites for hydroxylation is 1. The molecule has 7 heteroatoms. The van der Waals surface area contributed by atoms with E-state index in [-0.39, 0.29) is 0 Å². The molecular formula is C12H17ClN5S+. The predicted molar refractivity (Wildman–Crippen MR) is 76.1 cm³/mol. The Morgan fingerprint density at radius 2 is 2.21 bits per heavy atom. The number of halogens is 1. The van der Waals surface area contributed by atoms with E-state index in [0.717, 1.165) is 35.4 Å². The van der Waals surface area contributed by atoms with Gasteiger partial charge in [0.05, 0.1) is 6.54 Å². The molecule has 102 valence electrons. The van der Waals surface area contributed by atoms with Gasteiger partial charge in [0.1, 0.15) is 6.54 Å². The molecule has 0 saturated heterocycles. The van der Waals surface area contributed by atoms with Crippen molar-refractivity contribution in [3.05, 3.63) is 34.9 Å². The first-order valence-corrected chi connectivity index (χ1v) is 7.54. The molecule has 0 bridgehead atoms. The van der Waals surface area contributed by atoms with E-state index in [1.165, 1.54) is 5.56 Å². The van der Waals surface area contributed by atoms with Crippen LogP contribution in [0.1, 0.15) is 12.0 Å². The lowest BCUT2D eigenvalue weighted by Crippen LogP contribution is -2.82. The van der Waals surface area contributed by atoms with E-state index < -0.39 is 0 Å². The molecule has 0 saturated carbocycles. The van der Waals surface area contributed by atoms with Crippen LogP contribution >= 0.6 is 23.4 Å². The van der Waals surface area contributed by atoms with Crippen LogP contribution in [0.25, 0.3) is 0 Å². The lowest BCUT2D eigenvalue weighted by Gasteiger charge is -2.03. The maximum atomic E-state index is 6.10. The molecule has 1 heterocycles. The number of hydrogen-bond acceptors (Lipinski definition) is 4. The van der Waals surface area contributed by atoms with Gasteiger partial charge in [-0.05, 0) is 16.5 Å². The highest BCUT2D eigenvalue weighted by Gasteiger charge is 2.03. The van der Waals surface area contributed by atoms with E-state index in [4.69, 9.17) is 11.6 Å². The van der Waals surface area contributed by atoms with Crippen molar-refractivity contribution in [3.8, 4) is 0 Å². The first-order chi connectivity index (χ1) is 9.27. The number of hydrogen-bond donors (Lipinski definition) is 1. The summed E-state index contributed by atoms with van der Waals surface area (Å²) in [5.41, 5.74) is 1.19. The molecule has 19 heavy (non-hydrogen) atoms. The molecule has 0 aliphatic carbocycles. The fraction of sp³-hybridized carbons (Fsp3) is 0.417. The lowest BCUT2D eigenvalue weighted by molar-refractivity contribution is -0.670. The van der Waals surface area contributed by atoms with Crippen molar-refractivity contribution in [2.24, 2.45) is 7.05 Å². The van der Waals surface area contributed by atoms with Crippen molar-refractivity contribution in [1.82, 2.24) is 20.2 Å². The van der Waals surface area contributed by atoms with Gasteiger partial charge in [-0.25, -0.2) is 4.68 Å². The number of nitrogens with zero attached hydrogens (tertiary/aromatic N) is 4. The first-order valence-electron chi connectivity index (χ1n) is 6.17. The molecule has 0 radical (unpaired) electrons. The van der Waals surface area contributed by atoms with Crippen LogP contribution in [0.5, 0.6) is 0 Å². The van der Waals surface area contributed by atoms with Gasteiger partial charge in [-0.1, -0.05) is 41.6 Å². The summed E-state index contributed by atoms with van der Waals surface area (Å²) in [6.07, 6.45) is 1.11. The second-order valence-corrected chi connectivity index (χ2v) is 5.63. The molecule has 2 rings (SSSR count). The van der Waals surface area contributed by atoms with Crippen LogP contribution < -0.4 is 5.32 Å². The normalized spacial score (nSPS) is 10.8. The molecule has 1 aromatic heterocycles. The van der Waals surface area contributed by atoms with Gasteiger partial charge in [0.25, 0.3) is 0 Å². The highest BCUT2D eigenvalue weighted by molar-refractivity contribution is 7.99. The Bertz CT molecular complexity index is 516. The Kier molecular flexibility index (Phi) is 5.62. The maximum absolute atomic E-state index is 6.10. The zero-order chi connectivity index (χ0) is 13.5. The average Bonchev–Trinajstić information content (AvgIpc) is 2.81. The van der Waals surface area contributed by atoms with E-state index in [2.05, 4.69) is 26.9 Å². The molecule has 0 fully saturated rings. The molecule has 1 aromatic carbocycles. The number of rotatable bonds is 7. The van der Waals surface area contributed by atoms with Gasteiger partial charge in [0.15, 0.2) is 0 Å². The van der Waals surface area contributed by atoms with Crippen molar-refractivity contribution in [2.45, 2.75) is 18.1 Å². The third-order valence-electron chi connectivity index (χ3n) is 2.69. The summed E-state index contributed by atoms with van der Waals surface area (Å²) < 4.78 is 1.69. The fourth-order valence-electron chi connectivity index (χ4n) is 1.66.